The third-order valence-corrected chi connectivity index (χ3v) is 30.1. The second-order valence-corrected chi connectivity index (χ2v) is 41.9. The number of aryl methyl sites for hydroxylation is 15. The van der Waals surface area contributed by atoms with Gasteiger partial charge in [0.25, 0.3) is 0 Å². The lowest BCUT2D eigenvalue weighted by Crippen LogP contribution is -1.89. The maximum atomic E-state index is 2.42. The van der Waals surface area contributed by atoms with Crippen molar-refractivity contribution >= 4 is 129 Å². The van der Waals surface area contributed by atoms with Crippen molar-refractivity contribution in [3.63, 3.8) is 0 Å². The van der Waals surface area contributed by atoms with Crippen molar-refractivity contribution in [3.8, 4) is 111 Å². The minimum absolute atomic E-state index is 1.25. The van der Waals surface area contributed by atoms with Gasteiger partial charge in [-0.1, -0.05) is 466 Å². The van der Waals surface area contributed by atoms with Gasteiger partial charge in [-0.15, -0.1) is 0 Å². The molecule has 0 radical (unpaired) electrons. The minimum atomic E-state index is 1.25. The summed E-state index contributed by atoms with van der Waals surface area (Å²) in [6.07, 6.45) is 0. The summed E-state index contributed by atoms with van der Waals surface area (Å²) in [4.78, 5) is 0. The number of fused-ring (bicyclic) bond motifs is 24. The topological polar surface area (TPSA) is 0 Å². The van der Waals surface area contributed by atoms with Crippen LogP contribution in [-0.4, -0.2) is 0 Å². The van der Waals surface area contributed by atoms with Crippen molar-refractivity contribution in [2.24, 2.45) is 0 Å². The average molecular weight is 1880 g/mol. The van der Waals surface area contributed by atoms with Crippen molar-refractivity contribution in [1.82, 2.24) is 0 Å². The van der Waals surface area contributed by atoms with Gasteiger partial charge >= 0.3 is 0 Å². The van der Waals surface area contributed by atoms with E-state index < -0.39 is 0 Å². The van der Waals surface area contributed by atoms with Gasteiger partial charge in [0.2, 0.25) is 0 Å². The molecule has 706 valence electrons. The zero-order valence-corrected chi connectivity index (χ0v) is 86.6. The SMILES string of the molecule is Cc1cc(C)cc(-c2ccc3c4ccc(-c5cc(C)cc(C)c5)cc4c4cc(-c5cc(C)cc(C)c5)ccc4c3c2)c1.Cc1cc(C)cc(-c2ccc3c4ccc(-c5cc(C)cc(C)c5)cc4c4ccccc4c3c2)c1.Cc1cccc(-c2ccc3c(c2)c2ccccc2c2ccc(-c4cccc(C)c4)cc23)c1.Cc1cccc(-c2ccc3c4ccc(-c5cccc(C)c5)cc4c4cc(-c5cccc(C)c5)ccc4c3c2)c1. The third-order valence-electron chi connectivity index (χ3n) is 30.1. The van der Waals surface area contributed by atoms with Crippen LogP contribution in [0.3, 0.4) is 0 Å². The Morgan fingerprint density at radius 2 is 0.177 bits per heavy atom. The minimum Gasteiger partial charge on any atom is -0.0616 e. The monoisotopic (exact) mass is 1880 g/mol. The van der Waals surface area contributed by atoms with Crippen molar-refractivity contribution < 1.29 is 0 Å². The summed E-state index contributed by atoms with van der Waals surface area (Å²) in [7, 11) is 0. The summed E-state index contributed by atoms with van der Waals surface area (Å²) >= 11 is 0. The molecule has 0 amide bonds. The molecule has 0 spiro atoms. The Morgan fingerprint density at radius 3 is 0.327 bits per heavy atom. The third kappa shape index (κ3) is 18.7. The van der Waals surface area contributed by atoms with Crippen molar-refractivity contribution in [2.75, 3.05) is 0 Å². The molecule has 26 aromatic carbocycles. The first-order valence-electron chi connectivity index (χ1n) is 51.8. The Morgan fingerprint density at radius 1 is 0.0680 bits per heavy atom. The van der Waals surface area contributed by atoms with Crippen molar-refractivity contribution in [1.29, 1.82) is 0 Å². The summed E-state index contributed by atoms with van der Waals surface area (Å²) in [5.41, 5.74) is 44.7. The smallest absolute Gasteiger partial charge is 0.00926 e. The summed E-state index contributed by atoms with van der Waals surface area (Å²) in [6.45, 7) is 32.6. The molecule has 0 unspecified atom stereocenters. The van der Waals surface area contributed by atoms with Gasteiger partial charge in [-0.2, -0.15) is 0 Å². The lowest BCUT2D eigenvalue weighted by Gasteiger charge is -2.16. The number of rotatable bonds is 10. The van der Waals surface area contributed by atoms with Gasteiger partial charge in [-0.3, -0.25) is 0 Å². The van der Waals surface area contributed by atoms with Gasteiger partial charge < -0.3 is 0 Å². The van der Waals surface area contributed by atoms with Crippen molar-refractivity contribution in [2.45, 2.75) is 104 Å². The predicted octanol–water partition coefficient (Wildman–Crippen LogP) is 41.9. The molecule has 0 heteroatoms. The van der Waals surface area contributed by atoms with Crippen LogP contribution < -0.4 is 0 Å². The molecular weight excluding hydrogens is 1770 g/mol. The zero-order valence-electron chi connectivity index (χ0n) is 86.6. The van der Waals surface area contributed by atoms with E-state index in [4.69, 9.17) is 0 Å². The van der Waals surface area contributed by atoms with E-state index in [2.05, 4.69) is 547 Å². The average Bonchev–Trinajstić information content (AvgIpc) is 0.744. The second-order valence-electron chi connectivity index (χ2n) is 41.9. The molecule has 0 fully saturated rings. The molecule has 0 nitrogen and oxygen atoms in total. The molecule has 0 aliphatic rings. The standard InChI is InChI=1S/C42H36.C39H30.C34H28.C32H24/c1-25-13-26(2)17-34(16-25)31-7-10-37-38-11-8-32(35-18-27(3)14-28(4)19-35)23-41(38)42-24-33(9-12-39(42)40(37)22-31)36-20-29(5)15-30(6)21-36;1-25-7-4-10-28(19-25)31-13-16-34-35-17-14-32(29-11-5-8-26(2)20-29)23-38(35)39-24-33(15-18-36(39)37(34)22-31)30-12-6-9-27(3)21-30;1-21-13-22(2)16-27(15-21)25-9-11-31-32-12-10-26(28-17-23(3)14-24(4)18-28)20-34(32)30-8-6-5-7-29(30)33(31)19-25;1-21-7-5-9-23(17-21)25-13-15-29-27-11-3-4-12-28(27)31-19-26(14-16-30(31)32(29)20-25)24-10-6-8-22(2)18-24/h7-24H,1-6H3;4-24H,1-3H3;5-20H,1-4H3;3-20H,1-2H3. The van der Waals surface area contributed by atoms with Crippen LogP contribution in [0.5, 0.6) is 0 Å². The molecule has 0 bridgehead atoms. The summed E-state index contributed by atoms with van der Waals surface area (Å²) in [6, 6.07) is 166. The Labute approximate surface area is 864 Å². The van der Waals surface area contributed by atoms with E-state index in [-0.39, 0.29) is 0 Å². The van der Waals surface area contributed by atoms with E-state index in [1.807, 2.05) is 0 Å². The molecule has 0 N–H and O–H groups in total. The normalized spacial score (nSPS) is 11.5. The van der Waals surface area contributed by atoms with Gasteiger partial charge in [0.05, 0.1) is 0 Å². The quantitative estimate of drug-likeness (QED) is 0.120. The molecule has 0 aliphatic carbocycles. The molecule has 0 saturated carbocycles. The Bertz CT molecular complexity index is 9520. The van der Waals surface area contributed by atoms with Crippen LogP contribution in [0.15, 0.2) is 443 Å². The lowest BCUT2D eigenvalue weighted by atomic mass is 9.88. The molecular formula is C147H118. The van der Waals surface area contributed by atoms with Gasteiger partial charge in [-0.25, -0.2) is 0 Å². The Balaban J connectivity index is 0.000000108. The fourth-order valence-electron chi connectivity index (χ4n) is 23.6. The zero-order chi connectivity index (χ0) is 101. The van der Waals surface area contributed by atoms with E-state index >= 15 is 0 Å². The molecule has 26 aromatic rings. The predicted molar refractivity (Wildman–Crippen MR) is 641 cm³/mol. The summed E-state index contributed by atoms with van der Waals surface area (Å²) in [5.74, 6) is 0. The largest absolute Gasteiger partial charge is 0.0616 e. The van der Waals surface area contributed by atoms with Crippen LogP contribution >= 0.6 is 0 Å². The molecule has 0 atom stereocenters. The van der Waals surface area contributed by atoms with E-state index in [1.54, 1.807) is 0 Å². The van der Waals surface area contributed by atoms with Crippen LogP contribution in [0.25, 0.3) is 241 Å². The van der Waals surface area contributed by atoms with Gasteiger partial charge in [0.15, 0.2) is 0 Å². The number of hydrogen-bond donors (Lipinski definition) is 0. The maximum Gasteiger partial charge on any atom is -0.00926 e. The van der Waals surface area contributed by atoms with Crippen molar-refractivity contribution in [3.05, 3.63) is 526 Å². The van der Waals surface area contributed by atoms with E-state index in [9.17, 15) is 0 Å². The number of benzene rings is 26. The van der Waals surface area contributed by atoms with E-state index in [1.165, 1.54) is 324 Å². The fraction of sp³-hybridized carbons (Fsp3) is 0.102. The van der Waals surface area contributed by atoms with Gasteiger partial charge in [-0.05, 0) is 405 Å². The highest BCUT2D eigenvalue weighted by atomic mass is 14.2. The maximum absolute atomic E-state index is 2.42. The van der Waals surface area contributed by atoms with Gasteiger partial charge in [0, 0.05) is 0 Å². The first kappa shape index (κ1) is 93.5. The number of hydrogen-bond acceptors (Lipinski definition) is 0. The molecule has 0 aromatic heterocycles. The van der Waals surface area contributed by atoms with Crippen LogP contribution in [0.2, 0.25) is 0 Å². The van der Waals surface area contributed by atoms with E-state index in [0.29, 0.717) is 0 Å². The Kier molecular flexibility index (Phi) is 24.7. The molecule has 0 aliphatic heterocycles. The lowest BCUT2D eigenvalue weighted by molar-refractivity contribution is 1.38. The molecule has 26 rings (SSSR count). The second kappa shape index (κ2) is 38.8. The summed E-state index contributed by atoms with van der Waals surface area (Å²) in [5, 5.41) is 31.4. The Hall–Kier alpha value is -17.2. The van der Waals surface area contributed by atoms with Crippen LogP contribution in [0, 0.1) is 104 Å². The summed E-state index contributed by atoms with van der Waals surface area (Å²) < 4.78 is 0. The molecule has 147 heavy (non-hydrogen) atoms. The first-order chi connectivity index (χ1) is 71.4. The van der Waals surface area contributed by atoms with Crippen LogP contribution in [0.4, 0.5) is 0 Å². The highest BCUT2D eigenvalue weighted by molar-refractivity contribution is 6.31. The highest BCUT2D eigenvalue weighted by Gasteiger charge is 2.21. The fourth-order valence-corrected chi connectivity index (χ4v) is 23.6. The van der Waals surface area contributed by atoms with Crippen LogP contribution in [0.1, 0.15) is 83.5 Å². The van der Waals surface area contributed by atoms with Crippen LogP contribution in [-0.2, 0) is 0 Å². The highest BCUT2D eigenvalue weighted by Crippen LogP contribution is 2.48. The first-order valence-corrected chi connectivity index (χ1v) is 51.8. The molecule has 0 saturated heterocycles. The van der Waals surface area contributed by atoms with E-state index in [0.717, 1.165) is 0 Å². The molecule has 0 heterocycles. The van der Waals surface area contributed by atoms with Gasteiger partial charge in [0.1, 0.15) is 0 Å².